The number of hydrogen-bond acceptors (Lipinski definition) is 4. The zero-order chi connectivity index (χ0) is 21.1. The Morgan fingerprint density at radius 1 is 1.24 bits per heavy atom. The van der Waals surface area contributed by atoms with E-state index >= 15 is 0 Å². The predicted molar refractivity (Wildman–Crippen MR) is 115 cm³/mol. The van der Waals surface area contributed by atoms with Gasteiger partial charge in [0.15, 0.2) is 16.8 Å². The van der Waals surface area contributed by atoms with Crippen molar-refractivity contribution in [2.24, 2.45) is 0 Å². The highest BCUT2D eigenvalue weighted by molar-refractivity contribution is 7.99. The lowest BCUT2D eigenvalue weighted by Crippen LogP contribution is -2.09. The van der Waals surface area contributed by atoms with Crippen molar-refractivity contribution in [3.05, 3.63) is 65.8 Å². The first-order valence-corrected chi connectivity index (χ1v) is 10.5. The van der Waals surface area contributed by atoms with Crippen LogP contribution in [0.5, 0.6) is 0 Å². The van der Waals surface area contributed by atoms with E-state index in [1.165, 1.54) is 23.9 Å². The van der Waals surface area contributed by atoms with Gasteiger partial charge >= 0.3 is 0 Å². The quantitative estimate of drug-likeness (QED) is 0.288. The minimum Gasteiger partial charge on any atom is -0.346 e. The van der Waals surface area contributed by atoms with Crippen LogP contribution in [0.2, 0.25) is 0 Å². The van der Waals surface area contributed by atoms with E-state index < -0.39 is 0 Å². The Hall–Kier alpha value is -2.67. The van der Waals surface area contributed by atoms with Gasteiger partial charge in [-0.15, -0.1) is 16.8 Å². The monoisotopic (exact) mass is 412 g/mol. The van der Waals surface area contributed by atoms with Gasteiger partial charge < -0.3 is 4.57 Å². The topological polar surface area (TPSA) is 52.7 Å². The molecule has 2 heterocycles. The summed E-state index contributed by atoms with van der Waals surface area (Å²) < 4.78 is 17.3. The summed E-state index contributed by atoms with van der Waals surface area (Å²) in [6.45, 7) is 12.5. The predicted octanol–water partition coefficient (Wildman–Crippen LogP) is 5.24. The number of carbonyl (C=O) groups excluding carboxylic acids is 1. The minimum absolute atomic E-state index is 0.0616. The molecular formula is C22H25FN4OS. The third kappa shape index (κ3) is 4.34. The zero-order valence-corrected chi connectivity index (χ0v) is 18.0. The van der Waals surface area contributed by atoms with Crippen LogP contribution in [0.3, 0.4) is 0 Å². The highest BCUT2D eigenvalue weighted by Gasteiger charge is 2.19. The van der Waals surface area contributed by atoms with E-state index in [2.05, 4.69) is 35.2 Å². The molecule has 2 aromatic heterocycles. The van der Waals surface area contributed by atoms with Crippen LogP contribution in [0.15, 0.2) is 48.1 Å². The van der Waals surface area contributed by atoms with E-state index in [9.17, 15) is 9.18 Å². The van der Waals surface area contributed by atoms with Gasteiger partial charge in [-0.25, -0.2) is 4.39 Å². The van der Waals surface area contributed by atoms with Crippen LogP contribution >= 0.6 is 11.8 Å². The number of thioether (sulfide) groups is 1. The number of nitrogens with zero attached hydrogens (tertiary/aromatic N) is 4. The molecule has 29 heavy (non-hydrogen) atoms. The fourth-order valence-electron chi connectivity index (χ4n) is 3.56. The summed E-state index contributed by atoms with van der Waals surface area (Å²) in [6.07, 6.45) is 1.75. The van der Waals surface area contributed by atoms with Crippen LogP contribution in [0.1, 0.15) is 41.6 Å². The molecule has 7 heteroatoms. The Labute approximate surface area is 174 Å². The van der Waals surface area contributed by atoms with Crippen molar-refractivity contribution in [3.8, 4) is 11.4 Å². The van der Waals surface area contributed by atoms with Crippen molar-refractivity contribution in [2.75, 3.05) is 5.75 Å². The standard InChI is InChI=1S/C22H25FN4OS/c1-6-11-26-21(17-7-9-18(23)10-8-17)24-25-22(26)29-13-20(28)19-12-15(4)27(14(2)3)16(19)5/h6-10,12,14H,1,11,13H2,2-5H3. The van der Waals surface area contributed by atoms with Gasteiger partial charge in [0, 0.05) is 35.1 Å². The summed E-state index contributed by atoms with van der Waals surface area (Å²) in [7, 11) is 0. The number of aromatic nitrogens is 4. The number of ketones is 1. The Bertz CT molecular complexity index is 1030. The second kappa shape index (κ2) is 8.78. The molecule has 3 rings (SSSR count). The normalized spacial score (nSPS) is 11.2. The first-order chi connectivity index (χ1) is 13.8. The maximum Gasteiger partial charge on any atom is 0.192 e. The van der Waals surface area contributed by atoms with E-state index in [-0.39, 0.29) is 17.4 Å². The summed E-state index contributed by atoms with van der Waals surface area (Å²) in [5.74, 6) is 0.646. The van der Waals surface area contributed by atoms with Crippen LogP contribution < -0.4 is 0 Å². The van der Waals surface area contributed by atoms with Gasteiger partial charge in [-0.2, -0.15) is 0 Å². The first-order valence-electron chi connectivity index (χ1n) is 9.48. The number of carbonyl (C=O) groups is 1. The van der Waals surface area contributed by atoms with Crippen molar-refractivity contribution in [2.45, 2.75) is 45.4 Å². The average Bonchev–Trinajstić information content (AvgIpc) is 3.21. The fourth-order valence-corrected chi connectivity index (χ4v) is 4.39. The van der Waals surface area contributed by atoms with Crippen molar-refractivity contribution < 1.29 is 9.18 Å². The molecule has 0 aliphatic heterocycles. The number of halogens is 1. The molecule has 0 saturated carbocycles. The Morgan fingerprint density at radius 2 is 1.93 bits per heavy atom. The second-order valence-electron chi connectivity index (χ2n) is 7.17. The van der Waals surface area contributed by atoms with Crippen LogP contribution in [0.4, 0.5) is 4.39 Å². The fraction of sp³-hybridized carbons (Fsp3) is 0.318. The summed E-state index contributed by atoms with van der Waals surface area (Å²) in [6, 6.07) is 8.37. The molecule has 5 nitrogen and oxygen atoms in total. The van der Waals surface area contributed by atoms with Crippen molar-refractivity contribution in [3.63, 3.8) is 0 Å². The van der Waals surface area contributed by atoms with Crippen LogP contribution in [0, 0.1) is 19.7 Å². The van der Waals surface area contributed by atoms with Gasteiger partial charge in [0.1, 0.15) is 5.82 Å². The maximum absolute atomic E-state index is 13.2. The summed E-state index contributed by atoms with van der Waals surface area (Å²) in [4.78, 5) is 12.9. The molecule has 0 N–H and O–H groups in total. The molecule has 0 amide bonds. The molecule has 3 aromatic rings. The maximum atomic E-state index is 13.2. The molecule has 0 spiro atoms. The third-order valence-electron chi connectivity index (χ3n) is 4.76. The summed E-state index contributed by atoms with van der Waals surface area (Å²) in [5.41, 5.74) is 3.58. The summed E-state index contributed by atoms with van der Waals surface area (Å²) in [5, 5.41) is 9.13. The van der Waals surface area contributed by atoms with Gasteiger partial charge in [-0.05, 0) is 58.0 Å². The third-order valence-corrected chi connectivity index (χ3v) is 5.73. The molecule has 0 fully saturated rings. The largest absolute Gasteiger partial charge is 0.346 e. The van der Waals surface area contributed by atoms with Crippen LogP contribution in [-0.2, 0) is 6.54 Å². The highest BCUT2D eigenvalue weighted by atomic mass is 32.2. The van der Waals surface area contributed by atoms with E-state index in [1.807, 2.05) is 24.5 Å². The van der Waals surface area contributed by atoms with Gasteiger partial charge in [-0.1, -0.05) is 17.8 Å². The van der Waals surface area contributed by atoms with E-state index in [1.54, 1.807) is 18.2 Å². The molecule has 0 aliphatic carbocycles. The number of Topliss-reactive ketones (excluding diaryl/α,β-unsaturated/α-hetero) is 1. The molecule has 0 radical (unpaired) electrons. The second-order valence-corrected chi connectivity index (χ2v) is 8.12. The molecule has 0 atom stereocenters. The number of rotatable bonds is 8. The number of hydrogen-bond donors (Lipinski definition) is 0. The van der Waals surface area contributed by atoms with Gasteiger partial charge in [0.25, 0.3) is 0 Å². The molecule has 1 aromatic carbocycles. The molecule has 0 saturated heterocycles. The van der Waals surface area contributed by atoms with Crippen molar-refractivity contribution in [1.29, 1.82) is 0 Å². The molecule has 0 bridgehead atoms. The lowest BCUT2D eigenvalue weighted by atomic mass is 10.2. The van der Waals surface area contributed by atoms with Crippen molar-refractivity contribution >= 4 is 17.5 Å². The number of aryl methyl sites for hydroxylation is 1. The van der Waals surface area contributed by atoms with Crippen LogP contribution in [0.25, 0.3) is 11.4 Å². The molecular weight excluding hydrogens is 387 g/mol. The van der Waals surface area contributed by atoms with Gasteiger partial charge in [0.2, 0.25) is 0 Å². The first kappa shape index (κ1) is 21.0. The van der Waals surface area contributed by atoms with E-state index in [4.69, 9.17) is 0 Å². The van der Waals surface area contributed by atoms with Crippen LogP contribution in [-0.4, -0.2) is 30.9 Å². The highest BCUT2D eigenvalue weighted by Crippen LogP contribution is 2.26. The SMILES string of the molecule is C=CCn1c(SCC(=O)c2cc(C)n(C(C)C)c2C)nnc1-c1ccc(F)cc1. The lowest BCUT2D eigenvalue weighted by molar-refractivity contribution is 0.102. The number of benzene rings is 1. The van der Waals surface area contributed by atoms with E-state index in [0.717, 1.165) is 22.5 Å². The Kier molecular flexibility index (Phi) is 6.37. The Morgan fingerprint density at radius 3 is 2.52 bits per heavy atom. The molecule has 0 aliphatic rings. The smallest absolute Gasteiger partial charge is 0.192 e. The Balaban J connectivity index is 1.82. The zero-order valence-electron chi connectivity index (χ0n) is 17.1. The van der Waals surface area contributed by atoms with E-state index in [0.29, 0.717) is 23.6 Å². The summed E-state index contributed by atoms with van der Waals surface area (Å²) >= 11 is 1.35. The van der Waals surface area contributed by atoms with Gasteiger partial charge in [0.05, 0.1) is 5.75 Å². The molecule has 0 unspecified atom stereocenters. The molecule has 152 valence electrons. The minimum atomic E-state index is -0.303. The number of allylic oxidation sites excluding steroid dienone is 1. The average molecular weight is 413 g/mol. The lowest BCUT2D eigenvalue weighted by Gasteiger charge is -2.13. The van der Waals surface area contributed by atoms with Gasteiger partial charge in [-0.3, -0.25) is 9.36 Å². The van der Waals surface area contributed by atoms with Crippen molar-refractivity contribution in [1.82, 2.24) is 19.3 Å².